The van der Waals surface area contributed by atoms with Crippen molar-refractivity contribution in [1.82, 2.24) is 9.88 Å². The average Bonchev–Trinajstić information content (AvgIpc) is 2.51. The van der Waals surface area contributed by atoms with Crippen LogP contribution >= 0.6 is 11.6 Å². The van der Waals surface area contributed by atoms with Gasteiger partial charge in [-0.1, -0.05) is 48.0 Å². The van der Waals surface area contributed by atoms with Crippen molar-refractivity contribution in [2.24, 2.45) is 0 Å². The minimum Gasteiger partial charge on any atom is -0.385 e. The summed E-state index contributed by atoms with van der Waals surface area (Å²) < 4.78 is 0. The summed E-state index contributed by atoms with van der Waals surface area (Å²) in [6, 6.07) is 14.1. The molecule has 3 nitrogen and oxygen atoms in total. The van der Waals surface area contributed by atoms with Crippen LogP contribution < -0.4 is 0 Å². The first kappa shape index (κ1) is 14.5. The number of pyridine rings is 1. The van der Waals surface area contributed by atoms with E-state index in [2.05, 4.69) is 34.1 Å². The van der Waals surface area contributed by atoms with Crippen molar-refractivity contribution < 1.29 is 5.11 Å². The first-order chi connectivity index (χ1) is 10.2. The van der Waals surface area contributed by atoms with Crippen LogP contribution in [0.3, 0.4) is 0 Å². The van der Waals surface area contributed by atoms with Crippen LogP contribution in [0.25, 0.3) is 0 Å². The highest BCUT2D eigenvalue weighted by atomic mass is 35.5. The van der Waals surface area contributed by atoms with Crippen molar-refractivity contribution >= 4 is 11.6 Å². The second-order valence-corrected chi connectivity index (χ2v) is 5.99. The Morgan fingerprint density at radius 1 is 1.10 bits per heavy atom. The van der Waals surface area contributed by atoms with E-state index in [9.17, 15) is 5.11 Å². The molecule has 1 aromatic carbocycles. The van der Waals surface area contributed by atoms with Gasteiger partial charge in [-0.2, -0.15) is 0 Å². The molecular formula is C17H19ClN2O. The Kier molecular flexibility index (Phi) is 4.24. The summed E-state index contributed by atoms with van der Waals surface area (Å²) in [5, 5.41) is 11.3. The molecular weight excluding hydrogens is 284 g/mol. The van der Waals surface area contributed by atoms with Gasteiger partial charge in [-0.05, 0) is 24.5 Å². The summed E-state index contributed by atoms with van der Waals surface area (Å²) in [7, 11) is 0. The number of aromatic nitrogens is 1. The maximum absolute atomic E-state index is 10.9. The number of aliphatic hydroxyl groups is 1. The molecule has 4 heteroatoms. The Bertz CT molecular complexity index is 595. The van der Waals surface area contributed by atoms with Crippen LogP contribution in [0.1, 0.15) is 24.0 Å². The zero-order chi connectivity index (χ0) is 14.7. The number of halogens is 1. The molecule has 3 rings (SSSR count). The van der Waals surface area contributed by atoms with E-state index in [1.807, 2.05) is 18.2 Å². The van der Waals surface area contributed by atoms with Gasteiger partial charge in [-0.3, -0.25) is 4.90 Å². The third-order valence-corrected chi connectivity index (χ3v) is 4.49. The van der Waals surface area contributed by atoms with Crippen LogP contribution in [0.15, 0.2) is 48.7 Å². The monoisotopic (exact) mass is 302 g/mol. The second-order valence-electron chi connectivity index (χ2n) is 5.64. The van der Waals surface area contributed by atoms with E-state index < -0.39 is 5.60 Å². The maximum atomic E-state index is 10.9. The van der Waals surface area contributed by atoms with Gasteiger partial charge in [-0.25, -0.2) is 4.98 Å². The summed E-state index contributed by atoms with van der Waals surface area (Å²) in [6.07, 6.45) is 3.02. The molecule has 21 heavy (non-hydrogen) atoms. The minimum atomic E-state index is -0.849. The SMILES string of the molecule is OC1(c2cccnc2Cl)CCN(Cc2ccccc2)CC1. The minimum absolute atomic E-state index is 0.413. The van der Waals surface area contributed by atoms with E-state index in [0.29, 0.717) is 18.0 Å². The van der Waals surface area contributed by atoms with Gasteiger partial charge in [-0.15, -0.1) is 0 Å². The Balaban J connectivity index is 1.66. The van der Waals surface area contributed by atoms with Gasteiger partial charge in [0.15, 0.2) is 0 Å². The molecule has 1 fully saturated rings. The standard InChI is InChI=1S/C17H19ClN2O/c18-16-15(7-4-10-19-16)17(21)8-11-20(12-9-17)13-14-5-2-1-3-6-14/h1-7,10,21H,8-9,11-13H2. The number of hydrogen-bond donors (Lipinski definition) is 1. The van der Waals surface area contributed by atoms with E-state index in [0.717, 1.165) is 25.2 Å². The Hall–Kier alpha value is -1.42. The molecule has 1 aliphatic rings. The summed E-state index contributed by atoms with van der Waals surface area (Å²) in [6.45, 7) is 2.64. The molecule has 1 aliphatic heterocycles. The largest absolute Gasteiger partial charge is 0.385 e. The smallest absolute Gasteiger partial charge is 0.135 e. The zero-order valence-corrected chi connectivity index (χ0v) is 12.6. The fourth-order valence-electron chi connectivity index (χ4n) is 2.93. The summed E-state index contributed by atoms with van der Waals surface area (Å²) >= 11 is 6.13. The lowest BCUT2D eigenvalue weighted by molar-refractivity contribution is -0.0278. The summed E-state index contributed by atoms with van der Waals surface area (Å²) in [5.41, 5.74) is 1.21. The highest BCUT2D eigenvalue weighted by molar-refractivity contribution is 6.30. The number of nitrogens with zero attached hydrogens (tertiary/aromatic N) is 2. The third-order valence-electron chi connectivity index (χ3n) is 4.19. The van der Waals surface area contributed by atoms with Gasteiger partial charge >= 0.3 is 0 Å². The molecule has 0 atom stereocenters. The van der Waals surface area contributed by atoms with E-state index in [1.54, 1.807) is 6.20 Å². The van der Waals surface area contributed by atoms with Crippen molar-refractivity contribution in [3.8, 4) is 0 Å². The molecule has 110 valence electrons. The predicted octanol–water partition coefficient (Wildman–Crippen LogP) is 3.22. The van der Waals surface area contributed by atoms with Gasteiger partial charge in [0.25, 0.3) is 0 Å². The molecule has 0 aliphatic carbocycles. The topological polar surface area (TPSA) is 36.4 Å². The molecule has 1 aromatic heterocycles. The van der Waals surface area contributed by atoms with Crippen LogP contribution in [0, 0.1) is 0 Å². The maximum Gasteiger partial charge on any atom is 0.135 e. The lowest BCUT2D eigenvalue weighted by atomic mass is 9.85. The molecule has 0 bridgehead atoms. The highest BCUT2D eigenvalue weighted by Crippen LogP contribution is 2.36. The second kappa shape index (κ2) is 6.14. The molecule has 1 saturated heterocycles. The van der Waals surface area contributed by atoms with E-state index in [1.165, 1.54) is 5.56 Å². The molecule has 0 radical (unpaired) electrons. The molecule has 2 heterocycles. The molecule has 2 aromatic rings. The number of benzene rings is 1. The van der Waals surface area contributed by atoms with E-state index >= 15 is 0 Å². The number of piperidine rings is 1. The Morgan fingerprint density at radius 2 is 1.81 bits per heavy atom. The van der Waals surface area contributed by atoms with Crippen molar-refractivity contribution in [2.45, 2.75) is 25.0 Å². The average molecular weight is 303 g/mol. The van der Waals surface area contributed by atoms with E-state index in [4.69, 9.17) is 11.6 Å². The lowest BCUT2D eigenvalue weighted by Crippen LogP contribution is -2.42. The quantitative estimate of drug-likeness (QED) is 0.885. The lowest BCUT2D eigenvalue weighted by Gasteiger charge is -2.38. The summed E-state index contributed by atoms with van der Waals surface area (Å²) in [5.74, 6) is 0. The van der Waals surface area contributed by atoms with Crippen LogP contribution in [0.2, 0.25) is 5.15 Å². The fourth-order valence-corrected chi connectivity index (χ4v) is 3.22. The molecule has 0 saturated carbocycles. The van der Waals surface area contributed by atoms with Gasteiger partial charge in [0.1, 0.15) is 5.15 Å². The number of likely N-dealkylation sites (tertiary alicyclic amines) is 1. The van der Waals surface area contributed by atoms with Crippen molar-refractivity contribution in [3.63, 3.8) is 0 Å². The predicted molar refractivity (Wildman–Crippen MR) is 84.1 cm³/mol. The van der Waals surface area contributed by atoms with Crippen LogP contribution in [0.5, 0.6) is 0 Å². The van der Waals surface area contributed by atoms with Crippen LogP contribution in [-0.2, 0) is 12.1 Å². The van der Waals surface area contributed by atoms with Crippen molar-refractivity contribution in [2.75, 3.05) is 13.1 Å². The summed E-state index contributed by atoms with van der Waals surface area (Å²) in [4.78, 5) is 6.45. The molecule has 0 unspecified atom stereocenters. The molecule has 0 amide bonds. The normalized spacial score (nSPS) is 18.6. The van der Waals surface area contributed by atoms with Crippen LogP contribution in [-0.4, -0.2) is 28.1 Å². The van der Waals surface area contributed by atoms with Gasteiger partial charge in [0, 0.05) is 31.4 Å². The number of hydrogen-bond acceptors (Lipinski definition) is 3. The Morgan fingerprint density at radius 3 is 2.48 bits per heavy atom. The van der Waals surface area contributed by atoms with Crippen LogP contribution in [0.4, 0.5) is 0 Å². The van der Waals surface area contributed by atoms with Gasteiger partial charge < -0.3 is 5.11 Å². The third kappa shape index (κ3) is 3.26. The van der Waals surface area contributed by atoms with E-state index in [-0.39, 0.29) is 0 Å². The molecule has 1 N–H and O–H groups in total. The fraction of sp³-hybridized carbons (Fsp3) is 0.353. The molecule has 0 spiro atoms. The highest BCUT2D eigenvalue weighted by Gasteiger charge is 2.35. The number of rotatable bonds is 3. The van der Waals surface area contributed by atoms with Crippen molar-refractivity contribution in [3.05, 3.63) is 64.9 Å². The first-order valence-corrected chi connectivity index (χ1v) is 7.65. The van der Waals surface area contributed by atoms with Crippen molar-refractivity contribution in [1.29, 1.82) is 0 Å². The Labute approximate surface area is 130 Å². The van der Waals surface area contributed by atoms with Gasteiger partial charge in [0.2, 0.25) is 0 Å². The first-order valence-electron chi connectivity index (χ1n) is 7.27. The zero-order valence-electron chi connectivity index (χ0n) is 11.9. The van der Waals surface area contributed by atoms with Gasteiger partial charge in [0.05, 0.1) is 5.60 Å².